The predicted molar refractivity (Wildman–Crippen MR) is 59.2 cm³/mol. The molecule has 0 spiro atoms. The molecule has 1 aliphatic rings. The van der Waals surface area contributed by atoms with Crippen molar-refractivity contribution in [3.8, 4) is 0 Å². The standard InChI is InChI=1S/C11H24N2O/c1-4-13(10-5-6-10)9(2)7-11(3,12)8-14/h9-10,14H,4-8,12H2,1-3H3. The molecular weight excluding hydrogens is 176 g/mol. The van der Waals surface area contributed by atoms with Crippen molar-refractivity contribution in [1.29, 1.82) is 0 Å². The normalized spacial score (nSPS) is 23.6. The molecule has 2 unspecified atom stereocenters. The number of aliphatic hydroxyl groups excluding tert-OH is 1. The van der Waals surface area contributed by atoms with E-state index >= 15 is 0 Å². The van der Waals surface area contributed by atoms with E-state index in [9.17, 15) is 0 Å². The molecule has 0 bridgehead atoms. The highest BCUT2D eigenvalue weighted by Gasteiger charge is 2.33. The van der Waals surface area contributed by atoms with Crippen LogP contribution in [0.4, 0.5) is 0 Å². The summed E-state index contributed by atoms with van der Waals surface area (Å²) in [6.07, 6.45) is 3.53. The molecule has 84 valence electrons. The fourth-order valence-electron chi connectivity index (χ4n) is 2.19. The molecular formula is C11H24N2O. The summed E-state index contributed by atoms with van der Waals surface area (Å²) in [6.45, 7) is 7.49. The Morgan fingerprint density at radius 1 is 1.57 bits per heavy atom. The van der Waals surface area contributed by atoms with Crippen molar-refractivity contribution in [3.63, 3.8) is 0 Å². The molecule has 0 saturated heterocycles. The highest BCUT2D eigenvalue weighted by molar-refractivity contribution is 4.90. The Labute approximate surface area is 87.3 Å². The van der Waals surface area contributed by atoms with Crippen LogP contribution in [-0.2, 0) is 0 Å². The Bertz CT molecular complexity index is 178. The monoisotopic (exact) mass is 200 g/mol. The van der Waals surface area contributed by atoms with E-state index in [0.29, 0.717) is 6.04 Å². The van der Waals surface area contributed by atoms with Gasteiger partial charge in [0.25, 0.3) is 0 Å². The molecule has 3 nitrogen and oxygen atoms in total. The van der Waals surface area contributed by atoms with Crippen LogP contribution < -0.4 is 5.73 Å². The SMILES string of the molecule is CCN(C(C)CC(C)(N)CO)C1CC1. The van der Waals surface area contributed by atoms with Gasteiger partial charge in [-0.3, -0.25) is 4.90 Å². The summed E-state index contributed by atoms with van der Waals surface area (Å²) in [5.74, 6) is 0. The average molecular weight is 200 g/mol. The minimum absolute atomic E-state index is 0.0690. The smallest absolute Gasteiger partial charge is 0.0609 e. The van der Waals surface area contributed by atoms with Crippen LogP contribution in [0.25, 0.3) is 0 Å². The number of nitrogens with zero attached hydrogens (tertiary/aromatic N) is 1. The van der Waals surface area contributed by atoms with Crippen molar-refractivity contribution in [2.45, 2.75) is 57.7 Å². The number of rotatable bonds is 6. The lowest BCUT2D eigenvalue weighted by Gasteiger charge is -2.33. The van der Waals surface area contributed by atoms with Crippen LogP contribution in [-0.4, -0.2) is 40.8 Å². The fourth-order valence-corrected chi connectivity index (χ4v) is 2.19. The van der Waals surface area contributed by atoms with Gasteiger partial charge in [-0.2, -0.15) is 0 Å². The van der Waals surface area contributed by atoms with Gasteiger partial charge in [-0.15, -0.1) is 0 Å². The molecule has 0 heterocycles. The van der Waals surface area contributed by atoms with Gasteiger partial charge >= 0.3 is 0 Å². The maximum Gasteiger partial charge on any atom is 0.0609 e. The van der Waals surface area contributed by atoms with Crippen molar-refractivity contribution >= 4 is 0 Å². The quantitative estimate of drug-likeness (QED) is 0.671. The molecule has 3 heteroatoms. The van der Waals surface area contributed by atoms with E-state index in [4.69, 9.17) is 10.8 Å². The van der Waals surface area contributed by atoms with E-state index in [2.05, 4.69) is 18.7 Å². The third kappa shape index (κ3) is 3.23. The molecule has 0 aromatic rings. The third-order valence-electron chi connectivity index (χ3n) is 3.07. The topological polar surface area (TPSA) is 49.5 Å². The molecule has 1 fully saturated rings. The maximum atomic E-state index is 9.11. The molecule has 14 heavy (non-hydrogen) atoms. The van der Waals surface area contributed by atoms with Gasteiger partial charge in [-0.05, 0) is 39.7 Å². The van der Waals surface area contributed by atoms with Crippen LogP contribution in [0.2, 0.25) is 0 Å². The summed E-state index contributed by atoms with van der Waals surface area (Å²) in [5.41, 5.74) is 5.52. The van der Waals surface area contributed by atoms with Crippen molar-refractivity contribution in [2.75, 3.05) is 13.2 Å². The molecule has 1 saturated carbocycles. The first-order valence-electron chi connectivity index (χ1n) is 5.65. The second-order valence-corrected chi connectivity index (χ2v) is 4.93. The van der Waals surface area contributed by atoms with Crippen molar-refractivity contribution < 1.29 is 5.11 Å². The third-order valence-corrected chi connectivity index (χ3v) is 3.07. The summed E-state index contributed by atoms with van der Waals surface area (Å²) < 4.78 is 0. The molecule has 3 N–H and O–H groups in total. The van der Waals surface area contributed by atoms with E-state index in [1.165, 1.54) is 12.8 Å². The summed E-state index contributed by atoms with van der Waals surface area (Å²) in [4.78, 5) is 2.50. The molecule has 1 aliphatic carbocycles. The number of nitrogens with two attached hydrogens (primary N) is 1. The summed E-state index contributed by atoms with van der Waals surface area (Å²) in [7, 11) is 0. The zero-order valence-corrected chi connectivity index (χ0v) is 9.66. The van der Waals surface area contributed by atoms with Gasteiger partial charge in [-0.1, -0.05) is 6.92 Å². The van der Waals surface area contributed by atoms with Crippen molar-refractivity contribution in [1.82, 2.24) is 4.90 Å². The summed E-state index contributed by atoms with van der Waals surface area (Å²) >= 11 is 0. The highest BCUT2D eigenvalue weighted by Crippen LogP contribution is 2.30. The fraction of sp³-hybridized carbons (Fsp3) is 1.00. The molecule has 0 amide bonds. The molecule has 2 atom stereocenters. The minimum atomic E-state index is -0.429. The van der Waals surface area contributed by atoms with Gasteiger partial charge in [0.2, 0.25) is 0 Å². The lowest BCUT2D eigenvalue weighted by molar-refractivity contribution is 0.136. The molecule has 0 aromatic heterocycles. The Kier molecular flexibility index (Phi) is 3.93. The van der Waals surface area contributed by atoms with Crippen LogP contribution in [0.3, 0.4) is 0 Å². The first kappa shape index (κ1) is 12.0. The first-order valence-corrected chi connectivity index (χ1v) is 5.65. The van der Waals surface area contributed by atoms with Gasteiger partial charge in [0.05, 0.1) is 6.61 Å². The second-order valence-electron chi connectivity index (χ2n) is 4.93. The van der Waals surface area contributed by atoms with Gasteiger partial charge < -0.3 is 10.8 Å². The zero-order chi connectivity index (χ0) is 10.8. The molecule has 0 radical (unpaired) electrons. The summed E-state index contributed by atoms with van der Waals surface area (Å²) in [6, 6.07) is 1.26. The molecule has 0 aromatic carbocycles. The van der Waals surface area contributed by atoms with Crippen molar-refractivity contribution in [3.05, 3.63) is 0 Å². The van der Waals surface area contributed by atoms with E-state index < -0.39 is 5.54 Å². The largest absolute Gasteiger partial charge is 0.394 e. The Balaban J connectivity index is 2.42. The van der Waals surface area contributed by atoms with Gasteiger partial charge in [0.1, 0.15) is 0 Å². The van der Waals surface area contributed by atoms with E-state index in [0.717, 1.165) is 19.0 Å². The Morgan fingerprint density at radius 2 is 2.14 bits per heavy atom. The van der Waals surface area contributed by atoms with E-state index in [1.54, 1.807) is 0 Å². The molecule has 0 aliphatic heterocycles. The number of hydrogen-bond acceptors (Lipinski definition) is 3. The van der Waals surface area contributed by atoms with Crippen LogP contribution in [0.5, 0.6) is 0 Å². The molecule has 1 rings (SSSR count). The van der Waals surface area contributed by atoms with E-state index in [1.807, 2.05) is 6.92 Å². The lowest BCUT2D eigenvalue weighted by atomic mass is 9.95. The number of aliphatic hydroxyl groups is 1. The first-order chi connectivity index (χ1) is 6.50. The van der Waals surface area contributed by atoms with Crippen molar-refractivity contribution in [2.24, 2.45) is 5.73 Å². The second kappa shape index (κ2) is 4.60. The lowest BCUT2D eigenvalue weighted by Crippen LogP contribution is -2.47. The Morgan fingerprint density at radius 3 is 2.50 bits per heavy atom. The van der Waals surface area contributed by atoms with Crippen LogP contribution >= 0.6 is 0 Å². The van der Waals surface area contributed by atoms with Crippen LogP contribution in [0, 0.1) is 0 Å². The van der Waals surface area contributed by atoms with Crippen LogP contribution in [0.15, 0.2) is 0 Å². The average Bonchev–Trinajstić information content (AvgIpc) is 2.89. The van der Waals surface area contributed by atoms with Crippen LogP contribution in [0.1, 0.15) is 40.0 Å². The number of hydrogen-bond donors (Lipinski definition) is 2. The minimum Gasteiger partial charge on any atom is -0.394 e. The van der Waals surface area contributed by atoms with Gasteiger partial charge in [-0.25, -0.2) is 0 Å². The zero-order valence-electron chi connectivity index (χ0n) is 9.66. The van der Waals surface area contributed by atoms with Gasteiger partial charge in [0, 0.05) is 17.6 Å². The Hall–Kier alpha value is -0.120. The van der Waals surface area contributed by atoms with E-state index in [-0.39, 0.29) is 6.61 Å². The predicted octanol–water partition coefficient (Wildman–Crippen LogP) is 0.959. The van der Waals surface area contributed by atoms with Gasteiger partial charge in [0.15, 0.2) is 0 Å². The highest BCUT2D eigenvalue weighted by atomic mass is 16.3. The maximum absolute atomic E-state index is 9.11. The summed E-state index contributed by atoms with van der Waals surface area (Å²) in [5, 5.41) is 9.11.